The van der Waals surface area contributed by atoms with Crippen molar-refractivity contribution >= 4 is 35.2 Å². The van der Waals surface area contributed by atoms with Crippen LogP contribution in [-0.4, -0.2) is 21.7 Å². The van der Waals surface area contributed by atoms with E-state index in [1.165, 1.54) is 10.8 Å². The first-order valence-electron chi connectivity index (χ1n) is 7.27. The Morgan fingerprint density at radius 2 is 2.04 bits per heavy atom. The van der Waals surface area contributed by atoms with E-state index in [-0.39, 0.29) is 16.8 Å². The van der Waals surface area contributed by atoms with Crippen LogP contribution in [0.2, 0.25) is 10.2 Å². The molecule has 1 amide bonds. The van der Waals surface area contributed by atoms with Crippen molar-refractivity contribution in [2.24, 2.45) is 0 Å². The molecule has 1 N–H and O–H groups in total. The van der Waals surface area contributed by atoms with Crippen LogP contribution in [0, 0.1) is 18.3 Å². The minimum atomic E-state index is -0.450. The lowest BCUT2D eigenvalue weighted by Crippen LogP contribution is -2.30. The maximum absolute atomic E-state index is 12.0. The molecule has 0 aliphatic carbocycles. The summed E-state index contributed by atoms with van der Waals surface area (Å²) in [6.45, 7) is 5.39. The first-order valence-corrected chi connectivity index (χ1v) is 8.03. The van der Waals surface area contributed by atoms with Crippen molar-refractivity contribution in [1.82, 2.24) is 15.1 Å². The van der Waals surface area contributed by atoms with Crippen molar-refractivity contribution in [3.8, 4) is 11.8 Å². The Kier molecular flexibility index (Phi) is 5.66. The van der Waals surface area contributed by atoms with Crippen molar-refractivity contribution in [3.05, 3.63) is 51.3 Å². The number of carbonyl (C=O) groups excluding carboxylic acids is 1. The van der Waals surface area contributed by atoms with Crippen LogP contribution in [0.15, 0.2) is 29.8 Å². The van der Waals surface area contributed by atoms with Gasteiger partial charge >= 0.3 is 0 Å². The van der Waals surface area contributed by atoms with Gasteiger partial charge in [-0.15, -0.1) is 0 Å². The molecule has 7 heteroatoms. The van der Waals surface area contributed by atoms with Crippen LogP contribution in [0.3, 0.4) is 0 Å². The number of carbonyl (C=O) groups is 1. The lowest BCUT2D eigenvalue weighted by molar-refractivity contribution is -0.117. The van der Waals surface area contributed by atoms with E-state index < -0.39 is 5.91 Å². The highest BCUT2D eigenvalue weighted by Gasteiger charge is 2.18. The highest BCUT2D eigenvalue weighted by atomic mass is 35.5. The Bertz CT molecular complexity index is 847. The van der Waals surface area contributed by atoms with Gasteiger partial charge in [0.25, 0.3) is 5.91 Å². The molecule has 0 bridgehead atoms. The molecule has 5 nitrogen and oxygen atoms in total. The number of nitrogens with one attached hydrogen (secondary N) is 1. The number of nitriles is 1. The SMILES string of the molecule is Cc1nn(-c2ccccc2Cl)c(Cl)c1/C=C(\C#N)C(=O)NC(C)C. The Labute approximate surface area is 150 Å². The topological polar surface area (TPSA) is 70.7 Å². The number of hydrogen-bond acceptors (Lipinski definition) is 3. The Hall–Kier alpha value is -2.29. The molecular weight excluding hydrogens is 347 g/mol. The van der Waals surface area contributed by atoms with Gasteiger partial charge in [-0.2, -0.15) is 10.4 Å². The Balaban J connectivity index is 2.50. The summed E-state index contributed by atoms with van der Waals surface area (Å²) >= 11 is 12.6. The molecule has 0 aliphatic heterocycles. The predicted octanol–water partition coefficient (Wildman–Crippen LogP) is 3.92. The van der Waals surface area contributed by atoms with Crippen LogP contribution < -0.4 is 5.32 Å². The van der Waals surface area contributed by atoms with Crippen molar-refractivity contribution in [1.29, 1.82) is 5.26 Å². The number of para-hydroxylation sites is 1. The summed E-state index contributed by atoms with van der Waals surface area (Å²) in [6.07, 6.45) is 1.44. The molecule has 24 heavy (non-hydrogen) atoms. The molecule has 1 aromatic heterocycles. The molecule has 2 aromatic rings. The normalized spacial score (nSPS) is 11.5. The summed E-state index contributed by atoms with van der Waals surface area (Å²) in [7, 11) is 0. The minimum Gasteiger partial charge on any atom is -0.349 e. The molecule has 124 valence electrons. The largest absolute Gasteiger partial charge is 0.349 e. The zero-order valence-corrected chi connectivity index (χ0v) is 15.0. The van der Waals surface area contributed by atoms with E-state index in [0.717, 1.165) is 0 Å². The van der Waals surface area contributed by atoms with Crippen molar-refractivity contribution in [2.45, 2.75) is 26.8 Å². The fourth-order valence-electron chi connectivity index (χ4n) is 2.09. The van der Waals surface area contributed by atoms with Gasteiger partial charge in [-0.1, -0.05) is 35.3 Å². The van der Waals surface area contributed by atoms with Crippen LogP contribution in [0.25, 0.3) is 11.8 Å². The van der Waals surface area contributed by atoms with Crippen molar-refractivity contribution in [3.63, 3.8) is 0 Å². The monoisotopic (exact) mass is 362 g/mol. The van der Waals surface area contributed by atoms with Gasteiger partial charge in [0.05, 0.1) is 16.4 Å². The average Bonchev–Trinajstić information content (AvgIpc) is 2.79. The first kappa shape index (κ1) is 18.1. The predicted molar refractivity (Wildman–Crippen MR) is 95.2 cm³/mol. The average molecular weight is 363 g/mol. The molecule has 0 aliphatic rings. The number of nitrogens with zero attached hydrogens (tertiary/aromatic N) is 3. The number of amides is 1. The van der Waals surface area contributed by atoms with Crippen LogP contribution in [0.5, 0.6) is 0 Å². The smallest absolute Gasteiger partial charge is 0.262 e. The summed E-state index contributed by atoms with van der Waals surface area (Å²) < 4.78 is 1.49. The van der Waals surface area contributed by atoms with Gasteiger partial charge in [0.2, 0.25) is 0 Å². The summed E-state index contributed by atoms with van der Waals surface area (Å²) in [5.74, 6) is -0.450. The molecule has 1 aromatic carbocycles. The molecule has 1 heterocycles. The molecule has 0 saturated heterocycles. The standard InChI is InChI=1S/C17H16Cl2N4O/c1-10(2)21-17(24)12(9-20)8-13-11(3)22-23(16(13)19)15-7-5-4-6-14(15)18/h4-8,10H,1-3H3,(H,21,24)/b12-8+. The van der Waals surface area contributed by atoms with E-state index in [9.17, 15) is 10.1 Å². The van der Waals surface area contributed by atoms with Gasteiger partial charge in [0, 0.05) is 11.6 Å². The molecule has 0 spiro atoms. The molecule has 0 saturated carbocycles. The number of aromatic nitrogens is 2. The summed E-state index contributed by atoms with van der Waals surface area (Å²) in [5, 5.41) is 17.1. The Morgan fingerprint density at radius 1 is 1.38 bits per heavy atom. The highest BCUT2D eigenvalue weighted by Crippen LogP contribution is 2.28. The number of halogens is 2. The summed E-state index contributed by atoms with van der Waals surface area (Å²) in [5.41, 5.74) is 1.68. The molecule has 2 rings (SSSR count). The molecular formula is C17H16Cl2N4O. The number of aryl methyl sites for hydroxylation is 1. The quantitative estimate of drug-likeness (QED) is 0.661. The fourth-order valence-corrected chi connectivity index (χ4v) is 2.63. The number of hydrogen-bond donors (Lipinski definition) is 1. The Morgan fingerprint density at radius 3 is 2.62 bits per heavy atom. The summed E-state index contributed by atoms with van der Waals surface area (Å²) in [6, 6.07) is 8.97. The molecule has 0 fully saturated rings. The second-order valence-electron chi connectivity index (χ2n) is 5.45. The zero-order chi connectivity index (χ0) is 17.9. The van der Waals surface area contributed by atoms with Crippen LogP contribution >= 0.6 is 23.2 Å². The van der Waals surface area contributed by atoms with Gasteiger partial charge < -0.3 is 5.32 Å². The van der Waals surface area contributed by atoms with Crippen molar-refractivity contribution < 1.29 is 4.79 Å². The van der Waals surface area contributed by atoms with Gasteiger partial charge in [-0.25, -0.2) is 4.68 Å². The van der Waals surface area contributed by atoms with Gasteiger partial charge in [0.15, 0.2) is 0 Å². The highest BCUT2D eigenvalue weighted by molar-refractivity contribution is 6.33. The third kappa shape index (κ3) is 3.78. The third-order valence-electron chi connectivity index (χ3n) is 3.20. The van der Waals surface area contributed by atoms with E-state index in [4.69, 9.17) is 23.2 Å². The second kappa shape index (κ2) is 7.52. The van der Waals surface area contributed by atoms with E-state index in [1.54, 1.807) is 25.1 Å². The first-order chi connectivity index (χ1) is 11.3. The number of rotatable bonds is 4. The lowest BCUT2D eigenvalue weighted by Gasteiger charge is -2.07. The van der Waals surface area contributed by atoms with E-state index in [0.29, 0.717) is 22.0 Å². The van der Waals surface area contributed by atoms with E-state index in [1.807, 2.05) is 26.0 Å². The molecule has 0 unspecified atom stereocenters. The van der Waals surface area contributed by atoms with Gasteiger partial charge in [-0.3, -0.25) is 4.79 Å². The van der Waals surface area contributed by atoms with E-state index >= 15 is 0 Å². The van der Waals surface area contributed by atoms with Crippen LogP contribution in [-0.2, 0) is 4.79 Å². The zero-order valence-electron chi connectivity index (χ0n) is 13.5. The van der Waals surface area contributed by atoms with Gasteiger partial charge in [-0.05, 0) is 39.0 Å². The van der Waals surface area contributed by atoms with Crippen LogP contribution in [0.1, 0.15) is 25.1 Å². The van der Waals surface area contributed by atoms with Crippen molar-refractivity contribution in [2.75, 3.05) is 0 Å². The maximum atomic E-state index is 12.0. The summed E-state index contributed by atoms with van der Waals surface area (Å²) in [4.78, 5) is 12.0. The van der Waals surface area contributed by atoms with Gasteiger partial charge in [0.1, 0.15) is 16.8 Å². The third-order valence-corrected chi connectivity index (χ3v) is 3.89. The van der Waals surface area contributed by atoms with E-state index in [2.05, 4.69) is 10.4 Å². The lowest BCUT2D eigenvalue weighted by atomic mass is 10.1. The minimum absolute atomic E-state index is 0.0348. The van der Waals surface area contributed by atoms with Crippen LogP contribution in [0.4, 0.5) is 0 Å². The molecule has 0 radical (unpaired) electrons. The number of benzene rings is 1. The second-order valence-corrected chi connectivity index (χ2v) is 6.22. The fraction of sp³-hybridized carbons (Fsp3) is 0.235. The maximum Gasteiger partial charge on any atom is 0.262 e. The molecule has 0 atom stereocenters.